The maximum Gasteiger partial charge on any atom is 0.182 e. The Bertz CT molecular complexity index is 538. The molecule has 4 heteroatoms. The second-order valence-corrected chi connectivity index (χ2v) is 7.96. The van der Waals surface area contributed by atoms with E-state index in [9.17, 15) is 4.79 Å². The molecule has 3 aliphatic rings. The van der Waals surface area contributed by atoms with E-state index in [4.69, 9.17) is 4.98 Å². The average Bonchev–Trinajstić information content (AvgIpc) is 2.98. The zero-order valence-corrected chi connectivity index (χ0v) is 12.2. The summed E-state index contributed by atoms with van der Waals surface area (Å²) in [6.45, 7) is 4.40. The van der Waals surface area contributed by atoms with Gasteiger partial charge < -0.3 is 5.32 Å². The van der Waals surface area contributed by atoms with Gasteiger partial charge in [0.15, 0.2) is 5.78 Å². The summed E-state index contributed by atoms with van der Waals surface area (Å²) in [5.41, 5.74) is 1.35. The molecule has 2 aliphatic carbocycles. The fraction of sp³-hybridized carbons (Fsp3) is 0.733. The number of aromatic nitrogens is 1. The van der Waals surface area contributed by atoms with Gasteiger partial charge in [-0.15, -0.1) is 11.3 Å². The second kappa shape index (κ2) is 3.89. The van der Waals surface area contributed by atoms with E-state index in [-0.39, 0.29) is 5.41 Å². The highest BCUT2D eigenvalue weighted by Gasteiger charge is 2.46. The Morgan fingerprint density at radius 2 is 1.89 bits per heavy atom. The third-order valence-electron chi connectivity index (χ3n) is 5.21. The smallest absolute Gasteiger partial charge is 0.182 e. The fourth-order valence-corrected chi connectivity index (χ4v) is 4.94. The molecule has 3 nitrogen and oxygen atoms in total. The lowest BCUT2D eigenvalue weighted by atomic mass is 9.69. The van der Waals surface area contributed by atoms with Crippen LogP contribution < -0.4 is 5.32 Å². The molecule has 0 unspecified atom stereocenters. The summed E-state index contributed by atoms with van der Waals surface area (Å²) < 4.78 is 0. The highest BCUT2D eigenvalue weighted by molar-refractivity contribution is 7.12. The van der Waals surface area contributed by atoms with Crippen molar-refractivity contribution in [1.82, 2.24) is 10.3 Å². The molecule has 1 aromatic rings. The fourth-order valence-electron chi connectivity index (χ4n) is 3.49. The molecule has 19 heavy (non-hydrogen) atoms. The standard InChI is InChI=1S/C15H20N2OS/c1-14(2-3-14)13-17-12-10(18)8-15(9-11(12)19-13)4-6-16-7-5-15/h16H,2-9H2,1H3. The largest absolute Gasteiger partial charge is 0.317 e. The van der Waals surface area contributed by atoms with Crippen molar-refractivity contribution in [3.63, 3.8) is 0 Å². The van der Waals surface area contributed by atoms with E-state index in [1.165, 1.54) is 22.7 Å². The molecule has 0 radical (unpaired) electrons. The number of piperidine rings is 1. The summed E-state index contributed by atoms with van der Waals surface area (Å²) in [4.78, 5) is 18.4. The first-order chi connectivity index (χ1) is 9.10. The van der Waals surface area contributed by atoms with Gasteiger partial charge in [-0.1, -0.05) is 6.92 Å². The molecule has 1 aliphatic heterocycles. The van der Waals surface area contributed by atoms with Gasteiger partial charge in [-0.25, -0.2) is 4.98 Å². The van der Waals surface area contributed by atoms with Crippen molar-refractivity contribution >= 4 is 17.1 Å². The van der Waals surface area contributed by atoms with Crippen LogP contribution >= 0.6 is 11.3 Å². The first kappa shape index (κ1) is 12.0. The van der Waals surface area contributed by atoms with Crippen LogP contribution in [0.5, 0.6) is 0 Å². The van der Waals surface area contributed by atoms with Gasteiger partial charge in [0, 0.05) is 16.7 Å². The summed E-state index contributed by atoms with van der Waals surface area (Å²) >= 11 is 1.82. The topological polar surface area (TPSA) is 42.0 Å². The van der Waals surface area contributed by atoms with Crippen LogP contribution in [0, 0.1) is 5.41 Å². The number of hydrogen-bond donors (Lipinski definition) is 1. The minimum Gasteiger partial charge on any atom is -0.317 e. The molecule has 1 spiro atoms. The monoisotopic (exact) mass is 276 g/mol. The molecule has 4 rings (SSSR count). The van der Waals surface area contributed by atoms with Gasteiger partial charge in [-0.3, -0.25) is 4.79 Å². The van der Waals surface area contributed by atoms with Crippen LogP contribution in [0.25, 0.3) is 0 Å². The summed E-state index contributed by atoms with van der Waals surface area (Å²) in [6.07, 6.45) is 6.57. The van der Waals surface area contributed by atoms with E-state index in [1.807, 2.05) is 11.3 Å². The highest BCUT2D eigenvalue weighted by Crippen LogP contribution is 2.51. The van der Waals surface area contributed by atoms with E-state index < -0.39 is 0 Å². The number of thiazole rings is 1. The summed E-state index contributed by atoms with van der Waals surface area (Å²) in [5, 5.41) is 4.63. The maximum absolute atomic E-state index is 12.4. The van der Waals surface area contributed by atoms with E-state index >= 15 is 0 Å². The third kappa shape index (κ3) is 1.88. The number of ketones is 1. The van der Waals surface area contributed by atoms with Crippen molar-refractivity contribution in [2.75, 3.05) is 13.1 Å². The number of carbonyl (C=O) groups excluding carboxylic acids is 1. The number of rotatable bonds is 1. The Hall–Kier alpha value is -0.740. The quantitative estimate of drug-likeness (QED) is 0.857. The number of fused-ring (bicyclic) bond motifs is 1. The molecule has 102 valence electrons. The number of Topliss-reactive ketones (excluding diaryl/α,β-unsaturated/α-hetero) is 1. The minimum atomic E-state index is 0.240. The van der Waals surface area contributed by atoms with Crippen molar-refractivity contribution in [2.24, 2.45) is 5.41 Å². The van der Waals surface area contributed by atoms with E-state index in [1.54, 1.807) is 0 Å². The first-order valence-electron chi connectivity index (χ1n) is 7.35. The van der Waals surface area contributed by atoms with Crippen LogP contribution in [-0.4, -0.2) is 23.9 Å². The SMILES string of the molecule is CC1(c2nc3c(s2)CC2(CCNCC2)CC3=O)CC1. The molecule has 0 bridgehead atoms. The molecule has 0 aromatic carbocycles. The maximum atomic E-state index is 12.4. The van der Waals surface area contributed by atoms with Crippen molar-refractivity contribution in [3.05, 3.63) is 15.6 Å². The van der Waals surface area contributed by atoms with E-state index in [0.29, 0.717) is 11.2 Å². The molecule has 2 fully saturated rings. The van der Waals surface area contributed by atoms with Gasteiger partial charge in [-0.2, -0.15) is 0 Å². The zero-order valence-electron chi connectivity index (χ0n) is 11.4. The van der Waals surface area contributed by atoms with Gasteiger partial charge in [0.05, 0.1) is 5.01 Å². The summed E-state index contributed by atoms with van der Waals surface area (Å²) in [7, 11) is 0. The Kier molecular flexibility index (Phi) is 2.46. The van der Waals surface area contributed by atoms with Crippen LogP contribution in [0.1, 0.15) is 59.4 Å². The number of nitrogens with zero attached hydrogens (tertiary/aromatic N) is 1. The highest BCUT2D eigenvalue weighted by atomic mass is 32.1. The molecule has 1 saturated heterocycles. The van der Waals surface area contributed by atoms with Gasteiger partial charge >= 0.3 is 0 Å². The Morgan fingerprint density at radius 3 is 2.58 bits per heavy atom. The lowest BCUT2D eigenvalue weighted by Crippen LogP contribution is -2.41. The van der Waals surface area contributed by atoms with E-state index in [2.05, 4.69) is 12.2 Å². The average molecular weight is 276 g/mol. The van der Waals surface area contributed by atoms with Gasteiger partial charge in [0.2, 0.25) is 0 Å². The lowest BCUT2D eigenvalue weighted by molar-refractivity contribution is 0.0833. The van der Waals surface area contributed by atoms with Crippen molar-refractivity contribution in [2.45, 2.75) is 50.9 Å². The van der Waals surface area contributed by atoms with Gasteiger partial charge in [0.1, 0.15) is 5.69 Å². The van der Waals surface area contributed by atoms with Gasteiger partial charge in [0.25, 0.3) is 0 Å². The Morgan fingerprint density at radius 1 is 1.16 bits per heavy atom. The molecule has 0 amide bonds. The van der Waals surface area contributed by atoms with Crippen LogP contribution in [0.4, 0.5) is 0 Å². The predicted molar refractivity (Wildman–Crippen MR) is 75.9 cm³/mol. The number of nitrogens with one attached hydrogen (secondary N) is 1. The molecule has 1 saturated carbocycles. The molecule has 1 aromatic heterocycles. The third-order valence-corrected chi connectivity index (χ3v) is 6.57. The Balaban J connectivity index is 1.69. The first-order valence-corrected chi connectivity index (χ1v) is 8.16. The predicted octanol–water partition coefficient (Wildman–Crippen LogP) is 2.69. The van der Waals surface area contributed by atoms with Gasteiger partial charge in [-0.05, 0) is 50.6 Å². The second-order valence-electron chi connectivity index (χ2n) is 6.88. The summed E-state index contributed by atoms with van der Waals surface area (Å²) in [5.74, 6) is 0.301. The minimum absolute atomic E-state index is 0.240. The van der Waals surface area contributed by atoms with Crippen LogP contribution in [0.2, 0.25) is 0 Å². The normalized spacial score (nSPS) is 27.3. The Labute approximate surface area is 117 Å². The molecule has 0 atom stereocenters. The number of hydrogen-bond acceptors (Lipinski definition) is 4. The molecule has 2 heterocycles. The molecular formula is C15H20N2OS. The van der Waals surface area contributed by atoms with Crippen LogP contribution in [0.15, 0.2) is 0 Å². The van der Waals surface area contributed by atoms with Crippen LogP contribution in [-0.2, 0) is 11.8 Å². The molecular weight excluding hydrogens is 256 g/mol. The van der Waals surface area contributed by atoms with Crippen molar-refractivity contribution in [1.29, 1.82) is 0 Å². The lowest BCUT2D eigenvalue weighted by Gasteiger charge is -2.39. The van der Waals surface area contributed by atoms with Crippen molar-refractivity contribution < 1.29 is 4.79 Å². The number of carbonyl (C=O) groups is 1. The zero-order chi connectivity index (χ0) is 13.1. The van der Waals surface area contributed by atoms with Crippen LogP contribution in [0.3, 0.4) is 0 Å². The van der Waals surface area contributed by atoms with Crippen molar-refractivity contribution in [3.8, 4) is 0 Å². The van der Waals surface area contributed by atoms with E-state index in [0.717, 1.165) is 44.5 Å². The molecule has 1 N–H and O–H groups in total. The summed E-state index contributed by atoms with van der Waals surface area (Å²) in [6, 6.07) is 0.